The molecule has 6 heteroatoms. The first-order valence-electron chi connectivity index (χ1n) is 9.46. The van der Waals surface area contributed by atoms with E-state index < -0.39 is 0 Å². The smallest absolute Gasteiger partial charge is 0.226 e. The van der Waals surface area contributed by atoms with E-state index in [-0.39, 0.29) is 23.4 Å². The maximum Gasteiger partial charge on any atom is 0.226 e. The summed E-state index contributed by atoms with van der Waals surface area (Å²) in [4.78, 5) is 18.7. The molecule has 0 saturated carbocycles. The minimum absolute atomic E-state index is 0.0950. The van der Waals surface area contributed by atoms with Crippen LogP contribution in [0.25, 0.3) is 0 Å². The van der Waals surface area contributed by atoms with E-state index in [1.807, 2.05) is 23.1 Å². The summed E-state index contributed by atoms with van der Waals surface area (Å²) in [7, 11) is 0. The number of benzene rings is 1. The minimum Gasteiger partial charge on any atom is -0.373 e. The number of likely N-dealkylation sites (tertiary alicyclic amines) is 1. The number of nitrogens with one attached hydrogen (secondary N) is 1. The summed E-state index contributed by atoms with van der Waals surface area (Å²) in [5.41, 5.74) is 0.706. The summed E-state index contributed by atoms with van der Waals surface area (Å²) in [6, 6.07) is 12.2. The molecule has 3 heterocycles. The van der Waals surface area contributed by atoms with Crippen LogP contribution in [-0.2, 0) is 16.0 Å². The number of rotatable bonds is 4. The van der Waals surface area contributed by atoms with Crippen LogP contribution in [0.4, 0.5) is 10.2 Å². The largest absolute Gasteiger partial charge is 0.373 e. The Hall–Kier alpha value is -2.47. The Kier molecular flexibility index (Phi) is 5.07. The number of nitrogens with zero attached hydrogens (tertiary/aromatic N) is 2. The lowest BCUT2D eigenvalue weighted by Gasteiger charge is -2.38. The molecule has 142 valence electrons. The summed E-state index contributed by atoms with van der Waals surface area (Å²) in [5.74, 6) is 0.686. The van der Waals surface area contributed by atoms with Crippen LogP contribution >= 0.6 is 0 Å². The number of hydrogen-bond acceptors (Lipinski definition) is 4. The van der Waals surface area contributed by atoms with E-state index in [2.05, 4.69) is 10.3 Å². The van der Waals surface area contributed by atoms with Crippen molar-refractivity contribution in [3.05, 3.63) is 60.0 Å². The topological polar surface area (TPSA) is 54.5 Å². The van der Waals surface area contributed by atoms with Gasteiger partial charge in [0.1, 0.15) is 11.6 Å². The predicted octanol–water partition coefficient (Wildman–Crippen LogP) is 3.03. The van der Waals surface area contributed by atoms with E-state index in [1.165, 1.54) is 12.1 Å². The molecule has 1 unspecified atom stereocenters. The summed E-state index contributed by atoms with van der Waals surface area (Å²) in [6.07, 6.45) is 4.73. The minimum atomic E-state index is -0.279. The van der Waals surface area contributed by atoms with Crippen LogP contribution < -0.4 is 5.32 Å². The van der Waals surface area contributed by atoms with E-state index in [0.717, 1.165) is 30.6 Å². The number of amides is 1. The van der Waals surface area contributed by atoms with Crippen LogP contribution in [-0.4, -0.2) is 47.1 Å². The Bertz CT molecular complexity index is 774. The number of pyridine rings is 1. The summed E-state index contributed by atoms with van der Waals surface area (Å²) in [5, 5.41) is 3.44. The number of carbonyl (C=O) groups excluding carboxylic acids is 1. The van der Waals surface area contributed by atoms with Gasteiger partial charge in [-0.1, -0.05) is 18.2 Å². The van der Waals surface area contributed by atoms with Gasteiger partial charge in [-0.25, -0.2) is 9.37 Å². The number of aromatic nitrogens is 1. The van der Waals surface area contributed by atoms with Crippen molar-refractivity contribution < 1.29 is 13.9 Å². The molecule has 5 nitrogen and oxygen atoms in total. The quantitative estimate of drug-likeness (QED) is 0.900. The van der Waals surface area contributed by atoms with Crippen molar-refractivity contribution >= 4 is 11.7 Å². The molecule has 1 amide bonds. The second kappa shape index (κ2) is 7.64. The lowest BCUT2D eigenvalue weighted by atomic mass is 9.87. The first-order valence-corrected chi connectivity index (χ1v) is 9.46. The number of carbonyl (C=O) groups is 1. The number of hydrogen-bond donors (Lipinski definition) is 1. The first kappa shape index (κ1) is 17.9. The van der Waals surface area contributed by atoms with Crippen molar-refractivity contribution in [1.29, 1.82) is 0 Å². The van der Waals surface area contributed by atoms with Gasteiger partial charge in [0.05, 0.1) is 24.7 Å². The molecule has 2 aromatic rings. The molecule has 2 saturated heterocycles. The fourth-order valence-corrected chi connectivity index (χ4v) is 4.00. The highest BCUT2D eigenvalue weighted by Crippen LogP contribution is 2.36. The number of piperidine rings is 1. The first-order chi connectivity index (χ1) is 13.1. The van der Waals surface area contributed by atoms with Gasteiger partial charge in [-0.2, -0.15) is 0 Å². The van der Waals surface area contributed by atoms with E-state index >= 15 is 0 Å². The Labute approximate surface area is 158 Å². The van der Waals surface area contributed by atoms with Crippen molar-refractivity contribution in [3.63, 3.8) is 0 Å². The zero-order chi connectivity index (χ0) is 18.7. The molecule has 4 rings (SSSR count). The van der Waals surface area contributed by atoms with Gasteiger partial charge in [-0.15, -0.1) is 0 Å². The van der Waals surface area contributed by atoms with Gasteiger partial charge in [0.2, 0.25) is 5.91 Å². The Morgan fingerprint density at radius 3 is 2.70 bits per heavy atom. The number of halogens is 1. The zero-order valence-electron chi connectivity index (χ0n) is 15.2. The van der Waals surface area contributed by atoms with E-state index in [1.54, 1.807) is 18.3 Å². The normalized spacial score (nSPS) is 21.4. The molecule has 0 bridgehead atoms. The molecule has 2 aliphatic heterocycles. The molecule has 27 heavy (non-hydrogen) atoms. The summed E-state index contributed by atoms with van der Waals surface area (Å²) >= 11 is 0. The van der Waals surface area contributed by atoms with Gasteiger partial charge >= 0.3 is 0 Å². The highest BCUT2D eigenvalue weighted by Gasteiger charge is 2.43. The van der Waals surface area contributed by atoms with Crippen molar-refractivity contribution in [2.45, 2.75) is 37.3 Å². The van der Waals surface area contributed by atoms with Crippen LogP contribution in [0.3, 0.4) is 0 Å². The van der Waals surface area contributed by atoms with Gasteiger partial charge < -0.3 is 15.0 Å². The molecule has 1 aromatic carbocycles. The van der Waals surface area contributed by atoms with E-state index in [0.29, 0.717) is 26.1 Å². The van der Waals surface area contributed by atoms with Crippen LogP contribution in [0.15, 0.2) is 48.7 Å². The standard InChI is InChI=1S/C21H24FN3O2/c22-17-6-4-16(5-7-17)13-20(26)25-11-8-21(9-12-25)14-18(15-27-21)24-19-3-1-2-10-23-19/h1-7,10,18H,8-9,11-15H2,(H,23,24). The third-order valence-corrected chi connectivity index (χ3v) is 5.52. The Morgan fingerprint density at radius 1 is 1.22 bits per heavy atom. The zero-order valence-corrected chi connectivity index (χ0v) is 15.2. The van der Waals surface area contributed by atoms with E-state index in [4.69, 9.17) is 4.74 Å². The predicted molar refractivity (Wildman–Crippen MR) is 101 cm³/mol. The van der Waals surface area contributed by atoms with Gasteiger partial charge in [0, 0.05) is 19.3 Å². The van der Waals surface area contributed by atoms with E-state index in [9.17, 15) is 9.18 Å². The molecule has 1 aromatic heterocycles. The highest BCUT2D eigenvalue weighted by atomic mass is 19.1. The second-order valence-corrected chi connectivity index (χ2v) is 7.44. The molecular weight excluding hydrogens is 345 g/mol. The van der Waals surface area contributed by atoms with Gasteiger partial charge in [-0.3, -0.25) is 4.79 Å². The average molecular weight is 369 g/mol. The van der Waals surface area contributed by atoms with Gasteiger partial charge in [0.25, 0.3) is 0 Å². The van der Waals surface area contributed by atoms with Gasteiger partial charge in [-0.05, 0) is 49.1 Å². The molecule has 1 N–H and O–H groups in total. The van der Waals surface area contributed by atoms with Crippen LogP contribution in [0.5, 0.6) is 0 Å². The van der Waals surface area contributed by atoms with Crippen LogP contribution in [0.1, 0.15) is 24.8 Å². The van der Waals surface area contributed by atoms with Crippen molar-refractivity contribution in [2.24, 2.45) is 0 Å². The lowest BCUT2D eigenvalue weighted by molar-refractivity contribution is -0.135. The van der Waals surface area contributed by atoms with Crippen LogP contribution in [0.2, 0.25) is 0 Å². The molecule has 0 aliphatic carbocycles. The van der Waals surface area contributed by atoms with Crippen molar-refractivity contribution in [2.75, 3.05) is 25.0 Å². The maximum atomic E-state index is 13.0. The van der Waals surface area contributed by atoms with Crippen LogP contribution in [0, 0.1) is 5.82 Å². The fraction of sp³-hybridized carbons (Fsp3) is 0.429. The Balaban J connectivity index is 1.28. The average Bonchev–Trinajstić information content (AvgIpc) is 3.07. The monoisotopic (exact) mass is 369 g/mol. The fourth-order valence-electron chi connectivity index (χ4n) is 4.00. The number of ether oxygens (including phenoxy) is 1. The number of anilines is 1. The summed E-state index contributed by atoms with van der Waals surface area (Å²) in [6.45, 7) is 2.08. The highest BCUT2D eigenvalue weighted by molar-refractivity contribution is 5.78. The summed E-state index contributed by atoms with van der Waals surface area (Å²) < 4.78 is 19.2. The molecule has 2 aliphatic rings. The Morgan fingerprint density at radius 2 is 2.00 bits per heavy atom. The molecule has 1 atom stereocenters. The second-order valence-electron chi connectivity index (χ2n) is 7.44. The molecule has 1 spiro atoms. The third-order valence-electron chi connectivity index (χ3n) is 5.52. The van der Waals surface area contributed by atoms with Crippen molar-refractivity contribution in [1.82, 2.24) is 9.88 Å². The van der Waals surface area contributed by atoms with Crippen molar-refractivity contribution in [3.8, 4) is 0 Å². The third kappa shape index (κ3) is 4.27. The maximum absolute atomic E-state index is 13.0. The SMILES string of the molecule is O=C(Cc1ccc(F)cc1)N1CCC2(CC1)CC(Nc1ccccn1)CO2. The lowest BCUT2D eigenvalue weighted by Crippen LogP contribution is -2.47. The molecule has 2 fully saturated rings. The molecule has 0 radical (unpaired) electrons. The van der Waals surface area contributed by atoms with Gasteiger partial charge in [0.15, 0.2) is 0 Å². The molecular formula is C21H24FN3O2.